The molecule has 2 aromatic carbocycles. The Morgan fingerprint density at radius 2 is 1.90 bits per heavy atom. The minimum Gasteiger partial charge on any atom is -0.507 e. The van der Waals surface area contributed by atoms with Gasteiger partial charge in [0.05, 0.1) is 4.91 Å². The van der Waals surface area contributed by atoms with Gasteiger partial charge in [-0.3, -0.25) is 14.5 Å². The number of rotatable bonds is 5. The second-order valence-electron chi connectivity index (χ2n) is 6.31. The van der Waals surface area contributed by atoms with Crippen LogP contribution in [0.4, 0.5) is 10.1 Å². The van der Waals surface area contributed by atoms with Crippen LogP contribution in [0, 0.1) is 5.82 Å². The third-order valence-corrected chi connectivity index (χ3v) is 5.58. The van der Waals surface area contributed by atoms with Gasteiger partial charge in [0, 0.05) is 5.69 Å². The number of nitrogens with zero attached hydrogens (tertiary/aromatic N) is 1. The summed E-state index contributed by atoms with van der Waals surface area (Å²) < 4.78 is 13.2. The van der Waals surface area contributed by atoms with Crippen molar-refractivity contribution < 1.29 is 29.0 Å². The number of carboxylic acid groups (broad SMARTS) is 1. The molecule has 0 unspecified atom stereocenters. The van der Waals surface area contributed by atoms with Crippen LogP contribution in [0.3, 0.4) is 0 Å². The first-order valence-corrected chi connectivity index (χ1v) is 9.79. The highest BCUT2D eigenvalue weighted by Crippen LogP contribution is 2.34. The maximum Gasteiger partial charge on any atom is 0.339 e. The zero-order chi connectivity index (χ0) is 22.0. The minimum absolute atomic E-state index is 0.148. The van der Waals surface area contributed by atoms with Crippen LogP contribution >= 0.6 is 24.0 Å². The molecule has 0 bridgehead atoms. The number of nitrogens with one attached hydrogen (secondary N) is 1. The van der Waals surface area contributed by atoms with Crippen LogP contribution in [0.5, 0.6) is 5.75 Å². The fourth-order valence-electron chi connectivity index (χ4n) is 2.67. The number of thiocarbonyl (C=S) groups is 1. The van der Waals surface area contributed by atoms with E-state index in [0.717, 1.165) is 28.8 Å². The lowest BCUT2D eigenvalue weighted by Crippen LogP contribution is -2.44. The van der Waals surface area contributed by atoms with Crippen LogP contribution in [-0.4, -0.2) is 43.3 Å². The molecule has 1 aliphatic heterocycles. The summed E-state index contributed by atoms with van der Waals surface area (Å²) in [6, 6.07) is 8.20. The van der Waals surface area contributed by atoms with Gasteiger partial charge in [0.1, 0.15) is 27.5 Å². The van der Waals surface area contributed by atoms with Gasteiger partial charge in [0.2, 0.25) is 5.91 Å². The van der Waals surface area contributed by atoms with E-state index in [9.17, 15) is 23.9 Å². The van der Waals surface area contributed by atoms with Gasteiger partial charge < -0.3 is 15.5 Å². The van der Waals surface area contributed by atoms with E-state index < -0.39 is 35.4 Å². The van der Waals surface area contributed by atoms with Crippen molar-refractivity contribution >= 4 is 57.8 Å². The average molecular weight is 446 g/mol. The zero-order valence-electron chi connectivity index (χ0n) is 15.5. The van der Waals surface area contributed by atoms with Gasteiger partial charge in [0.15, 0.2) is 0 Å². The van der Waals surface area contributed by atoms with Crippen molar-refractivity contribution in [3.8, 4) is 5.75 Å². The van der Waals surface area contributed by atoms with Crippen LogP contribution in [-0.2, 0) is 9.59 Å². The third kappa shape index (κ3) is 4.50. The standard InChI is InChI=1S/C20H15FN2O5S2/c1-10(17(25)22-13-6-7-15(24)14(9-13)19(27)28)23-18(26)16(30-20(23)29)8-11-2-4-12(21)5-3-11/h2-10,24H,1H3,(H,22,25)(H,27,28)/b16-8-/t10-/m0/s1. The van der Waals surface area contributed by atoms with Crippen molar-refractivity contribution in [2.24, 2.45) is 0 Å². The summed E-state index contributed by atoms with van der Waals surface area (Å²) >= 11 is 6.27. The largest absolute Gasteiger partial charge is 0.507 e. The van der Waals surface area contributed by atoms with E-state index in [-0.39, 0.29) is 15.6 Å². The Labute approximate surface area is 180 Å². The lowest BCUT2D eigenvalue weighted by molar-refractivity contribution is -0.129. The first-order valence-electron chi connectivity index (χ1n) is 8.57. The summed E-state index contributed by atoms with van der Waals surface area (Å²) in [5.74, 6) is -3.23. The summed E-state index contributed by atoms with van der Waals surface area (Å²) in [5.41, 5.74) is 0.391. The number of halogens is 1. The van der Waals surface area contributed by atoms with Crippen molar-refractivity contribution in [3.63, 3.8) is 0 Å². The molecular formula is C20H15FN2O5S2. The molecule has 2 aromatic rings. The van der Waals surface area contributed by atoms with Crippen molar-refractivity contribution in [1.29, 1.82) is 0 Å². The van der Waals surface area contributed by atoms with E-state index in [1.807, 2.05) is 0 Å². The molecule has 7 nitrogen and oxygen atoms in total. The van der Waals surface area contributed by atoms with Crippen LogP contribution in [0.2, 0.25) is 0 Å². The zero-order valence-corrected chi connectivity index (χ0v) is 17.1. The molecule has 1 fully saturated rings. The Hall–Kier alpha value is -3.24. The third-order valence-electron chi connectivity index (χ3n) is 4.25. The van der Waals surface area contributed by atoms with Gasteiger partial charge in [-0.15, -0.1) is 0 Å². The number of phenols is 1. The van der Waals surface area contributed by atoms with Gasteiger partial charge in [-0.1, -0.05) is 36.1 Å². The predicted octanol–water partition coefficient (Wildman–Crippen LogP) is 3.46. The molecular weight excluding hydrogens is 431 g/mol. The van der Waals surface area contributed by atoms with Gasteiger partial charge in [0.25, 0.3) is 5.91 Å². The van der Waals surface area contributed by atoms with Gasteiger partial charge >= 0.3 is 5.97 Å². The fraction of sp³-hybridized carbons (Fsp3) is 0.100. The molecule has 3 rings (SSSR count). The van der Waals surface area contributed by atoms with Gasteiger partial charge in [-0.05, 0) is 48.9 Å². The molecule has 0 radical (unpaired) electrons. The number of aromatic carboxylic acids is 1. The second kappa shape index (κ2) is 8.64. The van der Waals surface area contributed by atoms with Crippen LogP contribution in [0.15, 0.2) is 47.4 Å². The fourth-order valence-corrected chi connectivity index (χ4v) is 4.09. The predicted molar refractivity (Wildman–Crippen MR) is 115 cm³/mol. The van der Waals surface area contributed by atoms with Crippen LogP contribution in [0.1, 0.15) is 22.8 Å². The molecule has 30 heavy (non-hydrogen) atoms. The number of carbonyl (C=O) groups is 3. The van der Waals surface area contributed by atoms with E-state index in [2.05, 4.69) is 5.32 Å². The van der Waals surface area contributed by atoms with E-state index in [1.165, 1.54) is 37.3 Å². The summed E-state index contributed by atoms with van der Waals surface area (Å²) in [4.78, 5) is 37.9. The number of hydrogen-bond donors (Lipinski definition) is 3. The summed E-state index contributed by atoms with van der Waals surface area (Å²) in [6.07, 6.45) is 1.56. The first kappa shape index (κ1) is 21.5. The number of hydrogen-bond acceptors (Lipinski definition) is 6. The molecule has 1 saturated heterocycles. The number of carboxylic acids is 1. The highest BCUT2D eigenvalue weighted by Gasteiger charge is 2.38. The van der Waals surface area contributed by atoms with Crippen LogP contribution < -0.4 is 5.32 Å². The topological polar surface area (TPSA) is 107 Å². The van der Waals surface area contributed by atoms with Crippen molar-refractivity contribution in [2.45, 2.75) is 13.0 Å². The maximum atomic E-state index is 13.1. The average Bonchev–Trinajstić information content (AvgIpc) is 2.97. The summed E-state index contributed by atoms with van der Waals surface area (Å²) in [6.45, 7) is 1.49. The second-order valence-corrected chi connectivity index (χ2v) is 7.98. The molecule has 0 aromatic heterocycles. The molecule has 1 heterocycles. The number of thioether (sulfide) groups is 1. The molecule has 3 N–H and O–H groups in total. The molecule has 10 heteroatoms. The first-order chi connectivity index (χ1) is 14.2. The smallest absolute Gasteiger partial charge is 0.339 e. The number of benzene rings is 2. The van der Waals surface area contributed by atoms with E-state index in [0.29, 0.717) is 10.5 Å². The molecule has 0 spiro atoms. The quantitative estimate of drug-likeness (QED) is 0.367. The normalized spacial score (nSPS) is 16.1. The highest BCUT2D eigenvalue weighted by molar-refractivity contribution is 8.26. The number of amides is 2. The van der Waals surface area contributed by atoms with Gasteiger partial charge in [-0.2, -0.15) is 0 Å². The monoisotopic (exact) mass is 446 g/mol. The highest BCUT2D eigenvalue weighted by atomic mass is 32.2. The SMILES string of the molecule is C[C@@H](C(=O)Nc1ccc(O)c(C(=O)O)c1)N1C(=O)/C(=C/c2ccc(F)cc2)SC1=S. The summed E-state index contributed by atoms with van der Waals surface area (Å²) in [5, 5.41) is 21.1. The molecule has 1 aliphatic rings. The van der Waals surface area contributed by atoms with Crippen molar-refractivity contribution in [3.05, 3.63) is 64.3 Å². The van der Waals surface area contributed by atoms with Gasteiger partial charge in [-0.25, -0.2) is 9.18 Å². The number of anilines is 1. The lowest BCUT2D eigenvalue weighted by Gasteiger charge is -2.22. The number of carbonyl (C=O) groups excluding carboxylic acids is 2. The minimum atomic E-state index is -1.35. The Kier molecular flexibility index (Phi) is 6.18. The Morgan fingerprint density at radius 1 is 1.23 bits per heavy atom. The Balaban J connectivity index is 1.76. The Morgan fingerprint density at radius 3 is 2.53 bits per heavy atom. The van der Waals surface area contributed by atoms with E-state index >= 15 is 0 Å². The van der Waals surface area contributed by atoms with Crippen LogP contribution in [0.25, 0.3) is 6.08 Å². The van der Waals surface area contributed by atoms with Crippen molar-refractivity contribution in [1.82, 2.24) is 4.90 Å². The molecule has 0 saturated carbocycles. The molecule has 0 aliphatic carbocycles. The Bertz CT molecular complexity index is 1090. The summed E-state index contributed by atoms with van der Waals surface area (Å²) in [7, 11) is 0. The lowest BCUT2D eigenvalue weighted by atomic mass is 10.1. The molecule has 2 amide bonds. The molecule has 154 valence electrons. The van der Waals surface area contributed by atoms with E-state index in [1.54, 1.807) is 6.08 Å². The van der Waals surface area contributed by atoms with Crippen molar-refractivity contribution in [2.75, 3.05) is 5.32 Å². The van der Waals surface area contributed by atoms with E-state index in [4.69, 9.17) is 17.3 Å². The molecule has 1 atom stereocenters. The maximum absolute atomic E-state index is 13.1. The number of aromatic hydroxyl groups is 1.